The SMILES string of the molecule is CCN(C)C=NC1=C(C)CCC=C(OC2CCc3ccc(C)cc3C2)C(Br)=C1. The molecule has 0 amide bonds. The Morgan fingerprint density at radius 2 is 2.07 bits per heavy atom. The van der Waals surface area contributed by atoms with Gasteiger partial charge in [0.15, 0.2) is 0 Å². The lowest BCUT2D eigenvalue weighted by atomic mass is 9.88. The molecule has 0 radical (unpaired) electrons. The summed E-state index contributed by atoms with van der Waals surface area (Å²) in [6, 6.07) is 6.80. The molecule has 0 saturated heterocycles. The summed E-state index contributed by atoms with van der Waals surface area (Å²) in [5.74, 6) is 0.949. The minimum absolute atomic E-state index is 0.226. The fourth-order valence-corrected chi connectivity index (χ4v) is 4.06. The molecule has 0 N–H and O–H groups in total. The quantitative estimate of drug-likeness (QED) is 0.407. The van der Waals surface area contributed by atoms with Crippen LogP contribution in [0.1, 0.15) is 49.8 Å². The summed E-state index contributed by atoms with van der Waals surface area (Å²) in [5, 5.41) is 0. The molecule has 0 heterocycles. The Labute approximate surface area is 178 Å². The Balaban J connectivity index is 1.74. The molecule has 0 aliphatic heterocycles. The van der Waals surface area contributed by atoms with E-state index in [1.54, 1.807) is 0 Å². The van der Waals surface area contributed by atoms with Crippen molar-refractivity contribution in [3.8, 4) is 0 Å². The predicted octanol–water partition coefficient (Wildman–Crippen LogP) is 6.08. The molecule has 3 nitrogen and oxygen atoms in total. The number of fused-ring (bicyclic) bond motifs is 1. The van der Waals surface area contributed by atoms with Gasteiger partial charge in [0.2, 0.25) is 0 Å². The van der Waals surface area contributed by atoms with Crippen LogP contribution in [0.3, 0.4) is 0 Å². The number of aliphatic imine (C=N–C) groups is 1. The van der Waals surface area contributed by atoms with Gasteiger partial charge in [0, 0.05) is 20.0 Å². The van der Waals surface area contributed by atoms with E-state index in [9.17, 15) is 0 Å². The number of aryl methyl sites for hydroxylation is 2. The highest BCUT2D eigenvalue weighted by atomic mass is 79.9. The van der Waals surface area contributed by atoms with Crippen molar-refractivity contribution >= 4 is 22.3 Å². The molecule has 2 aliphatic carbocycles. The van der Waals surface area contributed by atoms with Gasteiger partial charge in [-0.2, -0.15) is 0 Å². The molecular formula is C24H31BrN2O. The smallest absolute Gasteiger partial charge is 0.130 e. The first kappa shape index (κ1) is 20.9. The van der Waals surface area contributed by atoms with Gasteiger partial charge in [0.1, 0.15) is 11.9 Å². The monoisotopic (exact) mass is 442 g/mol. The van der Waals surface area contributed by atoms with Crippen LogP contribution < -0.4 is 0 Å². The number of hydrogen-bond donors (Lipinski definition) is 0. The van der Waals surface area contributed by atoms with Crippen molar-refractivity contribution in [3.05, 3.63) is 68.6 Å². The van der Waals surface area contributed by atoms with E-state index in [1.165, 1.54) is 22.3 Å². The van der Waals surface area contributed by atoms with Gasteiger partial charge >= 0.3 is 0 Å². The third-order valence-corrected chi connectivity index (χ3v) is 6.14. The predicted molar refractivity (Wildman–Crippen MR) is 122 cm³/mol. The molecule has 1 atom stereocenters. The molecule has 0 saturated carbocycles. The number of nitrogens with zero attached hydrogens (tertiary/aromatic N) is 2. The summed E-state index contributed by atoms with van der Waals surface area (Å²) in [6.45, 7) is 7.39. The highest BCUT2D eigenvalue weighted by Gasteiger charge is 2.22. The molecule has 0 fully saturated rings. The second kappa shape index (κ2) is 9.60. The number of hydrogen-bond acceptors (Lipinski definition) is 2. The maximum Gasteiger partial charge on any atom is 0.130 e. The summed E-state index contributed by atoms with van der Waals surface area (Å²) in [6.07, 6.45) is 11.5. The largest absolute Gasteiger partial charge is 0.489 e. The number of ether oxygens (including phenoxy) is 1. The lowest BCUT2D eigenvalue weighted by Crippen LogP contribution is -2.22. The molecule has 0 bridgehead atoms. The normalized spacial score (nSPS) is 20.2. The molecule has 4 heteroatoms. The van der Waals surface area contributed by atoms with Crippen LogP contribution >= 0.6 is 15.9 Å². The van der Waals surface area contributed by atoms with Gasteiger partial charge in [0.05, 0.1) is 16.5 Å². The van der Waals surface area contributed by atoms with E-state index in [4.69, 9.17) is 9.73 Å². The Bertz CT molecular complexity index is 835. The van der Waals surface area contributed by atoms with E-state index in [-0.39, 0.29) is 6.10 Å². The van der Waals surface area contributed by atoms with Gasteiger partial charge in [-0.05, 0) is 91.2 Å². The third-order valence-electron chi connectivity index (χ3n) is 5.52. The van der Waals surface area contributed by atoms with E-state index >= 15 is 0 Å². The van der Waals surface area contributed by atoms with Gasteiger partial charge in [-0.1, -0.05) is 23.8 Å². The second-order valence-corrected chi connectivity index (χ2v) is 8.69. The summed E-state index contributed by atoms with van der Waals surface area (Å²) in [4.78, 5) is 6.78. The lowest BCUT2D eigenvalue weighted by Gasteiger charge is -2.27. The minimum atomic E-state index is 0.226. The standard InChI is InChI=1S/C24H31BrN2O/c1-5-27(4)16-26-23-15-22(25)24(8-6-7-18(23)3)28-21-12-11-19-10-9-17(2)13-20(19)14-21/h8-10,13,15-16,21H,5-7,11-12,14H2,1-4H3. The van der Waals surface area contributed by atoms with Crippen molar-refractivity contribution in [3.63, 3.8) is 0 Å². The molecule has 1 aromatic rings. The van der Waals surface area contributed by atoms with Crippen LogP contribution in [-0.4, -0.2) is 30.9 Å². The Hall–Kier alpha value is -1.81. The van der Waals surface area contributed by atoms with Crippen LogP contribution in [0.25, 0.3) is 0 Å². The highest BCUT2D eigenvalue weighted by molar-refractivity contribution is 9.12. The molecule has 1 unspecified atom stereocenters. The van der Waals surface area contributed by atoms with Crippen LogP contribution in [0.2, 0.25) is 0 Å². The summed E-state index contributed by atoms with van der Waals surface area (Å²) < 4.78 is 7.45. The van der Waals surface area contributed by atoms with Crippen LogP contribution in [0.4, 0.5) is 0 Å². The van der Waals surface area contributed by atoms with Crippen molar-refractivity contribution in [1.29, 1.82) is 0 Å². The van der Waals surface area contributed by atoms with Crippen LogP contribution in [0.5, 0.6) is 0 Å². The van der Waals surface area contributed by atoms with Gasteiger partial charge in [-0.3, -0.25) is 0 Å². The second-order valence-electron chi connectivity index (χ2n) is 7.84. The number of rotatable bonds is 5. The Morgan fingerprint density at radius 1 is 1.25 bits per heavy atom. The van der Waals surface area contributed by atoms with Crippen molar-refractivity contribution < 1.29 is 4.74 Å². The average molecular weight is 443 g/mol. The fraction of sp³-hybridized carbons (Fsp3) is 0.458. The Morgan fingerprint density at radius 3 is 2.86 bits per heavy atom. The van der Waals surface area contributed by atoms with Gasteiger partial charge in [-0.25, -0.2) is 4.99 Å². The van der Waals surface area contributed by atoms with Crippen molar-refractivity contribution in [1.82, 2.24) is 4.90 Å². The minimum Gasteiger partial charge on any atom is -0.489 e. The molecule has 2 aliphatic rings. The Kier molecular flexibility index (Phi) is 7.17. The number of benzene rings is 1. The van der Waals surface area contributed by atoms with Crippen LogP contribution in [0, 0.1) is 6.92 Å². The molecule has 0 aromatic heterocycles. The van der Waals surface area contributed by atoms with Gasteiger partial charge < -0.3 is 9.64 Å². The number of allylic oxidation sites excluding steroid dienone is 4. The average Bonchev–Trinajstić information content (AvgIpc) is 2.68. The maximum absolute atomic E-state index is 6.47. The van der Waals surface area contributed by atoms with Crippen molar-refractivity contribution in [2.75, 3.05) is 13.6 Å². The zero-order valence-electron chi connectivity index (χ0n) is 17.5. The lowest BCUT2D eigenvalue weighted by molar-refractivity contribution is 0.110. The molecule has 150 valence electrons. The summed E-state index contributed by atoms with van der Waals surface area (Å²) >= 11 is 3.75. The highest BCUT2D eigenvalue weighted by Crippen LogP contribution is 2.31. The maximum atomic E-state index is 6.47. The van der Waals surface area contributed by atoms with E-state index in [0.29, 0.717) is 0 Å². The first-order chi connectivity index (χ1) is 13.5. The molecular weight excluding hydrogens is 412 g/mol. The zero-order chi connectivity index (χ0) is 20.1. The zero-order valence-corrected chi connectivity index (χ0v) is 19.1. The summed E-state index contributed by atoms with van der Waals surface area (Å²) in [7, 11) is 2.04. The van der Waals surface area contributed by atoms with E-state index in [2.05, 4.69) is 72.0 Å². The summed E-state index contributed by atoms with van der Waals surface area (Å²) in [5.41, 5.74) is 6.56. The third kappa shape index (κ3) is 5.38. The van der Waals surface area contributed by atoms with E-state index < -0.39 is 0 Å². The van der Waals surface area contributed by atoms with E-state index in [0.717, 1.165) is 54.6 Å². The molecule has 3 rings (SSSR count). The number of halogens is 1. The molecule has 28 heavy (non-hydrogen) atoms. The van der Waals surface area contributed by atoms with Crippen molar-refractivity contribution in [2.45, 2.75) is 59.0 Å². The first-order valence-corrected chi connectivity index (χ1v) is 11.0. The molecule has 0 spiro atoms. The van der Waals surface area contributed by atoms with Crippen LogP contribution in [-0.2, 0) is 17.6 Å². The topological polar surface area (TPSA) is 24.8 Å². The van der Waals surface area contributed by atoms with Gasteiger partial charge in [-0.15, -0.1) is 0 Å². The van der Waals surface area contributed by atoms with E-state index in [1.807, 2.05) is 13.4 Å². The molecule has 1 aromatic carbocycles. The fourth-order valence-electron chi connectivity index (χ4n) is 3.59. The van der Waals surface area contributed by atoms with Crippen LogP contribution in [0.15, 0.2) is 56.9 Å². The first-order valence-electron chi connectivity index (χ1n) is 10.2. The van der Waals surface area contributed by atoms with Crippen molar-refractivity contribution in [2.24, 2.45) is 4.99 Å². The van der Waals surface area contributed by atoms with Gasteiger partial charge in [0.25, 0.3) is 0 Å².